The van der Waals surface area contributed by atoms with Crippen molar-refractivity contribution in [1.29, 1.82) is 0 Å². The van der Waals surface area contributed by atoms with Gasteiger partial charge in [0.2, 0.25) is 5.91 Å². The maximum atomic E-state index is 13.2. The van der Waals surface area contributed by atoms with Gasteiger partial charge in [0, 0.05) is 25.2 Å². The van der Waals surface area contributed by atoms with E-state index in [0.29, 0.717) is 19.0 Å². The van der Waals surface area contributed by atoms with Crippen molar-refractivity contribution in [1.82, 2.24) is 10.2 Å². The van der Waals surface area contributed by atoms with Crippen LogP contribution in [-0.2, 0) is 9.53 Å². The number of hydrogen-bond donors (Lipinski definition) is 3. The van der Waals surface area contributed by atoms with Crippen LogP contribution in [0.4, 0.5) is 4.39 Å². The average Bonchev–Trinajstić information content (AvgIpc) is 2.96. The molecule has 2 aliphatic heterocycles. The minimum atomic E-state index is -1.23. The van der Waals surface area contributed by atoms with Crippen LogP contribution in [0.5, 0.6) is 0 Å². The lowest BCUT2D eigenvalue weighted by atomic mass is 9.98. The zero-order chi connectivity index (χ0) is 21.1. The number of amides is 2. The van der Waals surface area contributed by atoms with Gasteiger partial charge in [-0.2, -0.15) is 0 Å². The van der Waals surface area contributed by atoms with Crippen molar-refractivity contribution < 1.29 is 28.9 Å². The normalized spacial score (nSPS) is 27.8. The molecule has 2 heterocycles. The predicted molar refractivity (Wildman–Crippen MR) is 104 cm³/mol. The van der Waals surface area contributed by atoms with Crippen LogP contribution in [0.2, 0.25) is 5.02 Å². The number of piperidine rings is 1. The summed E-state index contributed by atoms with van der Waals surface area (Å²) in [5.74, 6) is -0.660. The summed E-state index contributed by atoms with van der Waals surface area (Å²) in [5, 5.41) is 22.9. The highest BCUT2D eigenvalue weighted by Crippen LogP contribution is 2.25. The average molecular weight is 429 g/mol. The standard InChI is InChI=1S/C20H26ClFN2O5/c1-11-4-6-24(7-5-11)17(25)9-15-18(26)19(27)16(29-15)10-23-20(28)12-2-3-14(22)13(21)8-12/h2-3,8,11,15-16,18-19,26-27H,4-7,9-10H2,1H3,(H,23,28). The van der Waals surface area contributed by atoms with Gasteiger partial charge in [-0.3, -0.25) is 9.59 Å². The van der Waals surface area contributed by atoms with Crippen LogP contribution >= 0.6 is 11.6 Å². The van der Waals surface area contributed by atoms with Gasteiger partial charge in [-0.05, 0) is 37.0 Å². The van der Waals surface area contributed by atoms with Gasteiger partial charge in [0.15, 0.2) is 0 Å². The van der Waals surface area contributed by atoms with Crippen molar-refractivity contribution in [2.45, 2.75) is 50.6 Å². The smallest absolute Gasteiger partial charge is 0.251 e. The van der Waals surface area contributed by atoms with Crippen molar-refractivity contribution in [2.75, 3.05) is 19.6 Å². The molecule has 0 spiro atoms. The van der Waals surface area contributed by atoms with Gasteiger partial charge in [-0.1, -0.05) is 18.5 Å². The number of aliphatic hydroxyl groups excluding tert-OH is 2. The summed E-state index contributed by atoms with van der Waals surface area (Å²) < 4.78 is 18.9. The van der Waals surface area contributed by atoms with Gasteiger partial charge in [0.25, 0.3) is 5.91 Å². The van der Waals surface area contributed by atoms with Crippen LogP contribution < -0.4 is 5.32 Å². The van der Waals surface area contributed by atoms with E-state index < -0.39 is 36.1 Å². The van der Waals surface area contributed by atoms with E-state index in [-0.39, 0.29) is 29.5 Å². The Labute approximate surface area is 173 Å². The van der Waals surface area contributed by atoms with E-state index >= 15 is 0 Å². The molecule has 4 atom stereocenters. The lowest BCUT2D eigenvalue weighted by Crippen LogP contribution is -2.41. The number of halogens is 2. The van der Waals surface area contributed by atoms with Gasteiger partial charge in [-0.15, -0.1) is 0 Å². The highest BCUT2D eigenvalue weighted by molar-refractivity contribution is 6.31. The van der Waals surface area contributed by atoms with Gasteiger partial charge < -0.3 is 25.2 Å². The second kappa shape index (κ2) is 9.38. The molecule has 2 fully saturated rings. The van der Waals surface area contributed by atoms with Crippen LogP contribution in [0, 0.1) is 11.7 Å². The predicted octanol–water partition coefficient (Wildman–Crippen LogP) is 1.35. The number of likely N-dealkylation sites (tertiary alicyclic amines) is 1. The first-order chi connectivity index (χ1) is 13.8. The SMILES string of the molecule is CC1CCN(C(=O)CC2OC(CNC(=O)c3ccc(F)c(Cl)c3)C(O)C2O)CC1. The molecule has 0 aromatic heterocycles. The zero-order valence-corrected chi connectivity index (χ0v) is 16.9. The van der Waals surface area contributed by atoms with E-state index in [2.05, 4.69) is 12.2 Å². The molecule has 0 saturated carbocycles. The fourth-order valence-corrected chi connectivity index (χ4v) is 3.84. The van der Waals surface area contributed by atoms with Crippen molar-refractivity contribution in [3.63, 3.8) is 0 Å². The van der Waals surface area contributed by atoms with Gasteiger partial charge >= 0.3 is 0 Å². The van der Waals surface area contributed by atoms with E-state index in [4.69, 9.17) is 16.3 Å². The molecule has 7 nitrogen and oxygen atoms in total. The molecule has 1 aromatic rings. The van der Waals surface area contributed by atoms with Gasteiger partial charge in [0.05, 0.1) is 17.5 Å². The van der Waals surface area contributed by atoms with Crippen LogP contribution in [0.3, 0.4) is 0 Å². The Balaban J connectivity index is 1.51. The number of benzene rings is 1. The molecule has 4 unspecified atom stereocenters. The molecule has 3 rings (SSSR count). The summed E-state index contributed by atoms with van der Waals surface area (Å²) in [4.78, 5) is 26.4. The number of nitrogens with zero attached hydrogens (tertiary/aromatic N) is 1. The lowest BCUT2D eigenvalue weighted by Gasteiger charge is -2.31. The molecule has 160 valence electrons. The number of nitrogens with one attached hydrogen (secondary N) is 1. The molecule has 3 N–H and O–H groups in total. The Morgan fingerprint density at radius 3 is 2.55 bits per heavy atom. The first-order valence-corrected chi connectivity index (χ1v) is 10.2. The highest BCUT2D eigenvalue weighted by Gasteiger charge is 2.44. The summed E-state index contributed by atoms with van der Waals surface area (Å²) in [6.45, 7) is 3.45. The summed E-state index contributed by atoms with van der Waals surface area (Å²) in [6, 6.07) is 3.58. The Morgan fingerprint density at radius 2 is 1.90 bits per heavy atom. The monoisotopic (exact) mass is 428 g/mol. The van der Waals surface area contributed by atoms with E-state index in [9.17, 15) is 24.2 Å². The number of aliphatic hydroxyl groups is 2. The molecular formula is C20H26ClFN2O5. The second-order valence-electron chi connectivity index (χ2n) is 7.80. The maximum absolute atomic E-state index is 13.2. The minimum Gasteiger partial charge on any atom is -0.388 e. The number of hydrogen-bond acceptors (Lipinski definition) is 5. The van der Waals surface area contributed by atoms with E-state index in [1.54, 1.807) is 4.90 Å². The van der Waals surface area contributed by atoms with Crippen LogP contribution in [0.15, 0.2) is 18.2 Å². The topological polar surface area (TPSA) is 99.1 Å². The molecule has 29 heavy (non-hydrogen) atoms. The van der Waals surface area contributed by atoms with Crippen molar-refractivity contribution in [3.8, 4) is 0 Å². The zero-order valence-electron chi connectivity index (χ0n) is 16.2. The third-order valence-electron chi connectivity index (χ3n) is 5.62. The van der Waals surface area contributed by atoms with E-state index in [0.717, 1.165) is 18.9 Å². The third-order valence-corrected chi connectivity index (χ3v) is 5.91. The van der Waals surface area contributed by atoms with Crippen LogP contribution in [0.25, 0.3) is 0 Å². The molecule has 0 bridgehead atoms. The Kier molecular flexibility index (Phi) is 7.10. The molecule has 0 aliphatic carbocycles. The largest absolute Gasteiger partial charge is 0.388 e. The van der Waals surface area contributed by atoms with E-state index in [1.165, 1.54) is 12.1 Å². The lowest BCUT2D eigenvalue weighted by molar-refractivity contribution is -0.136. The van der Waals surface area contributed by atoms with Crippen molar-refractivity contribution in [2.24, 2.45) is 5.92 Å². The molecule has 2 saturated heterocycles. The van der Waals surface area contributed by atoms with Gasteiger partial charge in [0.1, 0.15) is 24.1 Å². The molecule has 9 heteroatoms. The quantitative estimate of drug-likeness (QED) is 0.657. The third kappa shape index (κ3) is 5.25. The summed E-state index contributed by atoms with van der Waals surface area (Å²) in [5.41, 5.74) is 0.162. The van der Waals surface area contributed by atoms with Gasteiger partial charge in [-0.25, -0.2) is 4.39 Å². The number of carbonyl (C=O) groups excluding carboxylic acids is 2. The number of ether oxygens (including phenoxy) is 1. The number of rotatable bonds is 5. The minimum absolute atomic E-state index is 0.0232. The van der Waals surface area contributed by atoms with E-state index in [1.807, 2.05) is 0 Å². The highest BCUT2D eigenvalue weighted by atomic mass is 35.5. The molecule has 2 amide bonds. The number of carbonyl (C=O) groups is 2. The maximum Gasteiger partial charge on any atom is 0.251 e. The summed E-state index contributed by atoms with van der Waals surface area (Å²) in [6.07, 6.45) is -2.27. The second-order valence-corrected chi connectivity index (χ2v) is 8.21. The molecule has 2 aliphatic rings. The van der Waals surface area contributed by atoms with Crippen LogP contribution in [-0.4, -0.2) is 71.0 Å². The Bertz CT molecular complexity index is 756. The Morgan fingerprint density at radius 1 is 1.24 bits per heavy atom. The molecule has 1 aromatic carbocycles. The first kappa shape index (κ1) is 22.0. The van der Waals surface area contributed by atoms with Crippen molar-refractivity contribution >= 4 is 23.4 Å². The molecule has 0 radical (unpaired) electrons. The fraction of sp³-hybridized carbons (Fsp3) is 0.600. The molecular weight excluding hydrogens is 403 g/mol. The fourth-order valence-electron chi connectivity index (χ4n) is 3.65. The summed E-state index contributed by atoms with van der Waals surface area (Å²) in [7, 11) is 0. The summed E-state index contributed by atoms with van der Waals surface area (Å²) >= 11 is 5.68. The van der Waals surface area contributed by atoms with Crippen molar-refractivity contribution in [3.05, 3.63) is 34.6 Å². The first-order valence-electron chi connectivity index (χ1n) is 9.79. The van der Waals surface area contributed by atoms with Crippen LogP contribution in [0.1, 0.15) is 36.5 Å². The Hall–Kier alpha value is -1.74.